The molecular weight excluding hydrogens is 278 g/mol. The Hall–Kier alpha value is -2.04. The Bertz CT molecular complexity index is 777. The number of likely N-dealkylation sites (tertiary alicyclic amines) is 1. The van der Waals surface area contributed by atoms with E-state index in [1.807, 2.05) is 23.1 Å². The molecule has 1 amide bonds. The van der Waals surface area contributed by atoms with Gasteiger partial charge in [0, 0.05) is 31.7 Å². The molecular formula is C17H23N3O2. The molecule has 0 bridgehead atoms. The lowest BCUT2D eigenvalue weighted by Crippen LogP contribution is -2.47. The van der Waals surface area contributed by atoms with E-state index in [1.165, 1.54) is 6.42 Å². The second-order valence-corrected chi connectivity index (χ2v) is 6.45. The molecule has 1 aliphatic heterocycles. The van der Waals surface area contributed by atoms with Crippen LogP contribution in [0.2, 0.25) is 0 Å². The third-order valence-electron chi connectivity index (χ3n) is 4.95. The first kappa shape index (κ1) is 14.9. The predicted octanol–water partition coefficient (Wildman–Crippen LogP) is 2.28. The number of piperidine rings is 1. The van der Waals surface area contributed by atoms with Gasteiger partial charge in [-0.15, -0.1) is 0 Å². The predicted molar refractivity (Wildman–Crippen MR) is 87.1 cm³/mol. The Kier molecular flexibility index (Phi) is 3.59. The zero-order valence-electron chi connectivity index (χ0n) is 13.7. The highest BCUT2D eigenvalue weighted by Crippen LogP contribution is 2.25. The normalized spacial score (nSPS) is 22.3. The average Bonchev–Trinajstić information content (AvgIpc) is 2.71. The summed E-state index contributed by atoms with van der Waals surface area (Å²) in [5.74, 6) is 0.0675. The molecule has 118 valence electrons. The number of amides is 1. The third kappa shape index (κ3) is 2.16. The lowest BCUT2D eigenvalue weighted by atomic mass is 9.96. The van der Waals surface area contributed by atoms with Gasteiger partial charge < -0.3 is 4.90 Å². The fraction of sp³-hybridized carbons (Fsp3) is 0.529. The number of carbonyl (C=O) groups excluding carboxylic acids is 1. The molecule has 5 heteroatoms. The Morgan fingerprint density at radius 3 is 2.27 bits per heavy atom. The number of benzene rings is 1. The van der Waals surface area contributed by atoms with Crippen LogP contribution in [-0.4, -0.2) is 32.0 Å². The van der Waals surface area contributed by atoms with Crippen LogP contribution in [0.3, 0.4) is 0 Å². The minimum atomic E-state index is -0.0701. The Morgan fingerprint density at radius 1 is 1.05 bits per heavy atom. The largest absolute Gasteiger partial charge is 0.333 e. The van der Waals surface area contributed by atoms with Crippen molar-refractivity contribution in [1.29, 1.82) is 0 Å². The molecule has 5 nitrogen and oxygen atoms in total. The van der Waals surface area contributed by atoms with Crippen LogP contribution in [0.25, 0.3) is 11.0 Å². The highest BCUT2D eigenvalue weighted by Gasteiger charge is 2.29. The van der Waals surface area contributed by atoms with E-state index in [-0.39, 0.29) is 23.7 Å². The van der Waals surface area contributed by atoms with Gasteiger partial charge in [0.05, 0.1) is 11.0 Å². The summed E-state index contributed by atoms with van der Waals surface area (Å²) in [6, 6.07) is 6.08. The van der Waals surface area contributed by atoms with E-state index in [9.17, 15) is 9.59 Å². The maximum Gasteiger partial charge on any atom is 0.328 e. The number of aryl methyl sites for hydroxylation is 2. The van der Waals surface area contributed by atoms with Crippen molar-refractivity contribution in [3.8, 4) is 0 Å². The van der Waals surface area contributed by atoms with Gasteiger partial charge in [-0.05, 0) is 51.3 Å². The number of hydrogen-bond donors (Lipinski definition) is 0. The van der Waals surface area contributed by atoms with Crippen molar-refractivity contribution in [1.82, 2.24) is 14.0 Å². The van der Waals surface area contributed by atoms with Crippen LogP contribution in [-0.2, 0) is 14.1 Å². The molecule has 2 atom stereocenters. The molecule has 0 spiro atoms. The molecule has 0 aliphatic carbocycles. The van der Waals surface area contributed by atoms with E-state index in [0.29, 0.717) is 5.56 Å². The van der Waals surface area contributed by atoms with Crippen molar-refractivity contribution < 1.29 is 4.79 Å². The van der Waals surface area contributed by atoms with E-state index in [0.717, 1.165) is 23.9 Å². The molecule has 0 N–H and O–H groups in total. The fourth-order valence-corrected chi connectivity index (χ4v) is 3.61. The third-order valence-corrected chi connectivity index (χ3v) is 4.95. The molecule has 1 fully saturated rings. The van der Waals surface area contributed by atoms with E-state index in [2.05, 4.69) is 13.8 Å². The van der Waals surface area contributed by atoms with Gasteiger partial charge >= 0.3 is 5.69 Å². The summed E-state index contributed by atoms with van der Waals surface area (Å²) >= 11 is 0. The molecule has 3 rings (SSSR count). The lowest BCUT2D eigenvalue weighted by molar-refractivity contribution is 0.0511. The van der Waals surface area contributed by atoms with Crippen molar-refractivity contribution in [2.75, 3.05) is 0 Å². The summed E-state index contributed by atoms with van der Waals surface area (Å²) in [7, 11) is 3.49. The van der Waals surface area contributed by atoms with Crippen LogP contribution >= 0.6 is 0 Å². The second-order valence-electron chi connectivity index (χ2n) is 6.45. The van der Waals surface area contributed by atoms with Crippen LogP contribution < -0.4 is 5.69 Å². The average molecular weight is 301 g/mol. The second kappa shape index (κ2) is 5.30. The topological polar surface area (TPSA) is 47.2 Å². The number of nitrogens with zero attached hydrogens (tertiary/aromatic N) is 3. The van der Waals surface area contributed by atoms with Gasteiger partial charge in [-0.1, -0.05) is 0 Å². The Morgan fingerprint density at radius 2 is 1.64 bits per heavy atom. The standard InChI is InChI=1S/C17H23N3O2/c1-11-6-5-7-12(2)20(11)16(21)13-8-9-14-15(10-13)19(4)17(22)18(14)3/h8-12H,5-7H2,1-4H3. The summed E-state index contributed by atoms with van der Waals surface area (Å²) < 4.78 is 3.20. The molecule has 2 unspecified atom stereocenters. The van der Waals surface area contributed by atoms with E-state index in [1.54, 1.807) is 23.2 Å². The number of imidazole rings is 1. The van der Waals surface area contributed by atoms with Crippen molar-refractivity contribution >= 4 is 16.9 Å². The van der Waals surface area contributed by atoms with Crippen molar-refractivity contribution in [2.45, 2.75) is 45.2 Å². The molecule has 1 aromatic carbocycles. The van der Waals surface area contributed by atoms with Crippen LogP contribution in [0, 0.1) is 0 Å². The molecule has 2 heterocycles. The van der Waals surface area contributed by atoms with Crippen LogP contribution in [0.15, 0.2) is 23.0 Å². The Labute approximate surface area is 130 Å². The van der Waals surface area contributed by atoms with Crippen LogP contribution in [0.4, 0.5) is 0 Å². The maximum absolute atomic E-state index is 12.9. The van der Waals surface area contributed by atoms with E-state index < -0.39 is 0 Å². The zero-order chi connectivity index (χ0) is 16.0. The minimum Gasteiger partial charge on any atom is -0.333 e. The number of hydrogen-bond acceptors (Lipinski definition) is 2. The molecule has 2 aromatic rings. The van der Waals surface area contributed by atoms with E-state index in [4.69, 9.17) is 0 Å². The van der Waals surface area contributed by atoms with Gasteiger partial charge in [-0.2, -0.15) is 0 Å². The zero-order valence-corrected chi connectivity index (χ0v) is 13.7. The SMILES string of the molecule is CC1CCCC(C)N1C(=O)c1ccc2c(c1)n(C)c(=O)n2C. The Balaban J connectivity index is 2.04. The monoisotopic (exact) mass is 301 g/mol. The van der Waals surface area contributed by atoms with Crippen LogP contribution in [0.1, 0.15) is 43.5 Å². The first-order chi connectivity index (χ1) is 10.4. The van der Waals surface area contributed by atoms with Gasteiger partial charge in [0.1, 0.15) is 0 Å². The first-order valence-corrected chi connectivity index (χ1v) is 7.90. The lowest BCUT2D eigenvalue weighted by Gasteiger charge is -2.39. The summed E-state index contributed by atoms with van der Waals surface area (Å²) in [6.45, 7) is 4.23. The molecule has 1 saturated heterocycles. The molecule has 0 radical (unpaired) electrons. The molecule has 1 aromatic heterocycles. The minimum absolute atomic E-state index is 0.0675. The van der Waals surface area contributed by atoms with Gasteiger partial charge in [0.15, 0.2) is 0 Å². The number of carbonyl (C=O) groups is 1. The van der Waals surface area contributed by atoms with Crippen molar-refractivity contribution in [3.05, 3.63) is 34.2 Å². The highest BCUT2D eigenvalue weighted by molar-refractivity contribution is 5.97. The molecule has 22 heavy (non-hydrogen) atoms. The van der Waals surface area contributed by atoms with Gasteiger partial charge in [0.2, 0.25) is 0 Å². The number of rotatable bonds is 1. The van der Waals surface area contributed by atoms with Gasteiger partial charge in [0.25, 0.3) is 5.91 Å². The summed E-state index contributed by atoms with van der Waals surface area (Å²) in [6.07, 6.45) is 3.29. The van der Waals surface area contributed by atoms with Gasteiger partial charge in [-0.3, -0.25) is 13.9 Å². The van der Waals surface area contributed by atoms with Crippen molar-refractivity contribution in [3.63, 3.8) is 0 Å². The summed E-state index contributed by atoms with van der Waals surface area (Å²) in [5, 5.41) is 0. The smallest absolute Gasteiger partial charge is 0.328 e. The fourth-order valence-electron chi connectivity index (χ4n) is 3.61. The maximum atomic E-state index is 12.9. The van der Waals surface area contributed by atoms with E-state index >= 15 is 0 Å². The molecule has 0 saturated carbocycles. The summed E-state index contributed by atoms with van der Waals surface area (Å²) in [4.78, 5) is 26.9. The van der Waals surface area contributed by atoms with Crippen molar-refractivity contribution in [2.24, 2.45) is 14.1 Å². The summed E-state index contributed by atoms with van der Waals surface area (Å²) in [5.41, 5.74) is 2.24. The number of aromatic nitrogens is 2. The quantitative estimate of drug-likeness (QED) is 0.811. The van der Waals surface area contributed by atoms with Crippen LogP contribution in [0.5, 0.6) is 0 Å². The first-order valence-electron chi connectivity index (χ1n) is 7.90. The molecule has 1 aliphatic rings. The number of fused-ring (bicyclic) bond motifs is 1. The highest BCUT2D eigenvalue weighted by atomic mass is 16.2. The van der Waals surface area contributed by atoms with Gasteiger partial charge in [-0.25, -0.2) is 4.79 Å².